The van der Waals surface area contributed by atoms with E-state index in [0.29, 0.717) is 13.1 Å². The minimum atomic E-state index is -0.220. The number of hydrogen-bond donors (Lipinski definition) is 2. The number of thiazole rings is 1. The van der Waals surface area contributed by atoms with E-state index in [0.717, 1.165) is 10.8 Å². The lowest BCUT2D eigenvalue weighted by molar-refractivity contribution is 0.235. The van der Waals surface area contributed by atoms with Crippen LogP contribution in [0.1, 0.15) is 12.6 Å². The van der Waals surface area contributed by atoms with Gasteiger partial charge in [0.2, 0.25) is 0 Å². The fourth-order valence-corrected chi connectivity index (χ4v) is 2.44. The van der Waals surface area contributed by atoms with Crippen molar-refractivity contribution in [2.24, 2.45) is 0 Å². The molecule has 0 spiro atoms. The third-order valence-corrected chi connectivity index (χ3v) is 3.71. The first-order valence-electron chi connectivity index (χ1n) is 6.53. The molecular weight excluding hydrogens is 290 g/mol. The topological polar surface area (TPSA) is 88.0 Å². The van der Waals surface area contributed by atoms with Gasteiger partial charge in [-0.3, -0.25) is 4.68 Å². The van der Waals surface area contributed by atoms with E-state index in [9.17, 15) is 4.79 Å². The molecule has 2 amide bonds. The molecule has 114 valence electrons. The van der Waals surface area contributed by atoms with Gasteiger partial charge in [-0.05, 0) is 6.92 Å². The van der Waals surface area contributed by atoms with E-state index in [1.165, 1.54) is 6.33 Å². The molecule has 0 aliphatic carbocycles. The zero-order valence-corrected chi connectivity index (χ0v) is 13.1. The highest BCUT2D eigenvalue weighted by molar-refractivity contribution is 7.13. The number of rotatable bonds is 6. The predicted molar refractivity (Wildman–Crippen MR) is 81.3 cm³/mol. The first-order valence-corrected chi connectivity index (χ1v) is 7.41. The van der Waals surface area contributed by atoms with Crippen LogP contribution in [-0.4, -0.2) is 45.9 Å². The fourth-order valence-electron chi connectivity index (χ4n) is 1.68. The number of anilines is 1. The second-order valence-corrected chi connectivity index (χ2v) is 5.70. The van der Waals surface area contributed by atoms with Crippen molar-refractivity contribution in [3.8, 4) is 0 Å². The molecule has 2 aromatic rings. The number of aromatic nitrogens is 4. The third kappa shape index (κ3) is 4.71. The van der Waals surface area contributed by atoms with E-state index in [4.69, 9.17) is 0 Å². The zero-order valence-electron chi connectivity index (χ0n) is 12.3. The summed E-state index contributed by atoms with van der Waals surface area (Å²) in [6.07, 6.45) is 3.09. The highest BCUT2D eigenvalue weighted by Gasteiger charge is 2.09. The van der Waals surface area contributed by atoms with Crippen molar-refractivity contribution in [3.63, 3.8) is 0 Å². The molecule has 2 N–H and O–H groups in total. The Morgan fingerprint density at radius 1 is 1.52 bits per heavy atom. The average Bonchev–Trinajstić information content (AvgIpc) is 3.06. The number of carbonyl (C=O) groups is 1. The average molecular weight is 309 g/mol. The van der Waals surface area contributed by atoms with Gasteiger partial charge < -0.3 is 15.5 Å². The Morgan fingerprint density at radius 3 is 2.95 bits per heavy atom. The maximum Gasteiger partial charge on any atom is 0.315 e. The molecule has 0 aromatic carbocycles. The van der Waals surface area contributed by atoms with Gasteiger partial charge >= 0.3 is 6.03 Å². The molecule has 0 aliphatic rings. The SMILES string of the molecule is C[C@@H](Cn1cncn1)NC(=O)NCc1csc(N(C)C)n1. The number of nitrogens with one attached hydrogen (secondary N) is 2. The summed E-state index contributed by atoms with van der Waals surface area (Å²) in [5.41, 5.74) is 0.850. The van der Waals surface area contributed by atoms with E-state index >= 15 is 0 Å². The smallest absolute Gasteiger partial charge is 0.315 e. The predicted octanol–water partition coefficient (Wildman–Crippen LogP) is 0.688. The van der Waals surface area contributed by atoms with Crippen molar-refractivity contribution >= 4 is 22.5 Å². The molecule has 1 atom stereocenters. The summed E-state index contributed by atoms with van der Waals surface area (Å²) in [4.78, 5) is 22.0. The summed E-state index contributed by atoms with van der Waals surface area (Å²) in [5, 5.41) is 12.5. The Morgan fingerprint density at radius 2 is 2.33 bits per heavy atom. The molecule has 0 aliphatic heterocycles. The normalized spacial score (nSPS) is 12.0. The molecule has 9 heteroatoms. The molecule has 2 rings (SSSR count). The van der Waals surface area contributed by atoms with Crippen molar-refractivity contribution in [2.75, 3.05) is 19.0 Å². The highest BCUT2D eigenvalue weighted by atomic mass is 32.1. The minimum absolute atomic E-state index is 0.0422. The van der Waals surface area contributed by atoms with Crippen LogP contribution in [0.25, 0.3) is 0 Å². The molecule has 0 saturated heterocycles. The second-order valence-electron chi connectivity index (χ2n) is 4.86. The summed E-state index contributed by atoms with van der Waals surface area (Å²) in [6.45, 7) is 2.90. The molecule has 0 unspecified atom stereocenters. The summed E-state index contributed by atoms with van der Waals surface area (Å²) < 4.78 is 1.68. The van der Waals surface area contributed by atoms with Crippen LogP contribution >= 0.6 is 11.3 Å². The van der Waals surface area contributed by atoms with Crippen LogP contribution < -0.4 is 15.5 Å². The fraction of sp³-hybridized carbons (Fsp3) is 0.500. The molecule has 21 heavy (non-hydrogen) atoms. The van der Waals surface area contributed by atoms with Gasteiger partial charge in [-0.1, -0.05) is 0 Å². The van der Waals surface area contributed by atoms with E-state index in [1.54, 1.807) is 22.3 Å². The standard InChI is InChI=1S/C12H19N7OS/c1-9(5-19-8-13-7-15-19)16-11(20)14-4-10-6-21-12(17-10)18(2)3/h6-9H,4-5H2,1-3H3,(H2,14,16,20)/t9-/m0/s1. The number of carbonyl (C=O) groups excluding carboxylic acids is 1. The Bertz CT molecular complexity index is 566. The van der Waals surface area contributed by atoms with Crippen LogP contribution in [0.3, 0.4) is 0 Å². The first kappa shape index (κ1) is 15.2. The Labute approximate surface area is 127 Å². The lowest BCUT2D eigenvalue weighted by Gasteiger charge is -2.14. The molecule has 0 radical (unpaired) electrons. The largest absolute Gasteiger partial charge is 0.354 e. The number of amides is 2. The molecular formula is C12H19N7OS. The third-order valence-electron chi connectivity index (χ3n) is 2.66. The quantitative estimate of drug-likeness (QED) is 0.819. The monoisotopic (exact) mass is 309 g/mol. The van der Waals surface area contributed by atoms with Crippen LogP contribution in [0, 0.1) is 0 Å². The molecule has 2 heterocycles. The second kappa shape index (κ2) is 7.02. The van der Waals surface area contributed by atoms with Gasteiger partial charge in [0.25, 0.3) is 0 Å². The summed E-state index contributed by atoms with van der Waals surface area (Å²) >= 11 is 1.55. The van der Waals surface area contributed by atoms with Gasteiger partial charge in [0.15, 0.2) is 5.13 Å². The molecule has 8 nitrogen and oxygen atoms in total. The number of nitrogens with zero attached hydrogens (tertiary/aromatic N) is 5. The van der Waals surface area contributed by atoms with E-state index in [2.05, 4.69) is 25.7 Å². The lowest BCUT2D eigenvalue weighted by Crippen LogP contribution is -2.42. The number of urea groups is 1. The number of hydrogen-bond acceptors (Lipinski definition) is 6. The van der Waals surface area contributed by atoms with Gasteiger partial charge in [-0.15, -0.1) is 11.3 Å². The molecule has 0 saturated carbocycles. The van der Waals surface area contributed by atoms with Crippen molar-refractivity contribution in [3.05, 3.63) is 23.7 Å². The van der Waals surface area contributed by atoms with Crippen molar-refractivity contribution in [2.45, 2.75) is 26.1 Å². The lowest BCUT2D eigenvalue weighted by atomic mass is 10.3. The van der Waals surface area contributed by atoms with E-state index in [-0.39, 0.29) is 12.1 Å². The summed E-state index contributed by atoms with van der Waals surface area (Å²) in [6, 6.07) is -0.263. The molecule has 0 fully saturated rings. The Hall–Kier alpha value is -2.16. The summed E-state index contributed by atoms with van der Waals surface area (Å²) in [5.74, 6) is 0. The van der Waals surface area contributed by atoms with Gasteiger partial charge in [-0.25, -0.2) is 14.8 Å². The van der Waals surface area contributed by atoms with Crippen molar-refractivity contribution < 1.29 is 4.79 Å². The maximum absolute atomic E-state index is 11.8. The van der Waals surface area contributed by atoms with Crippen molar-refractivity contribution in [1.82, 2.24) is 30.4 Å². The zero-order chi connectivity index (χ0) is 15.2. The minimum Gasteiger partial charge on any atom is -0.354 e. The Kier molecular flexibility index (Phi) is 5.09. The first-order chi connectivity index (χ1) is 10.0. The molecule has 2 aromatic heterocycles. The van der Waals surface area contributed by atoms with Crippen molar-refractivity contribution in [1.29, 1.82) is 0 Å². The van der Waals surface area contributed by atoms with Gasteiger partial charge in [-0.2, -0.15) is 5.10 Å². The van der Waals surface area contributed by atoms with Crippen LogP contribution in [-0.2, 0) is 13.1 Å². The Balaban J connectivity index is 1.73. The van der Waals surface area contributed by atoms with Gasteiger partial charge in [0, 0.05) is 25.5 Å². The van der Waals surface area contributed by atoms with Gasteiger partial charge in [0.05, 0.1) is 18.8 Å². The van der Waals surface area contributed by atoms with E-state index < -0.39 is 0 Å². The van der Waals surface area contributed by atoms with Gasteiger partial charge in [0.1, 0.15) is 12.7 Å². The maximum atomic E-state index is 11.8. The highest BCUT2D eigenvalue weighted by Crippen LogP contribution is 2.17. The molecule has 0 bridgehead atoms. The van der Waals surface area contributed by atoms with Crippen LogP contribution in [0.5, 0.6) is 0 Å². The van der Waals surface area contributed by atoms with Crippen LogP contribution in [0.15, 0.2) is 18.0 Å². The summed E-state index contributed by atoms with van der Waals surface area (Å²) in [7, 11) is 3.88. The van der Waals surface area contributed by atoms with E-state index in [1.807, 2.05) is 31.3 Å². The van der Waals surface area contributed by atoms with Crippen LogP contribution in [0.4, 0.5) is 9.93 Å². The van der Waals surface area contributed by atoms with Crippen LogP contribution in [0.2, 0.25) is 0 Å².